The van der Waals surface area contributed by atoms with Crippen LogP contribution in [0.3, 0.4) is 0 Å². The van der Waals surface area contributed by atoms with Gasteiger partial charge in [0.2, 0.25) is 0 Å². The van der Waals surface area contributed by atoms with Crippen LogP contribution in [0.5, 0.6) is 0 Å². The van der Waals surface area contributed by atoms with E-state index >= 15 is 0 Å². The molecule has 4 heteroatoms. The summed E-state index contributed by atoms with van der Waals surface area (Å²) in [6, 6.07) is 4.18. The molecular formula is C12H18ClN3. The number of pyridine rings is 1. The summed E-state index contributed by atoms with van der Waals surface area (Å²) in [6.45, 7) is 7.37. The highest BCUT2D eigenvalue weighted by molar-refractivity contribution is 6.18. The Morgan fingerprint density at radius 1 is 1.31 bits per heavy atom. The minimum atomic E-state index is 0.725. The largest absolute Gasteiger partial charge is 0.354 e. The normalized spacial score (nSPS) is 17.8. The molecule has 88 valence electrons. The summed E-state index contributed by atoms with van der Waals surface area (Å²) in [5.41, 5.74) is 1.27. The second kappa shape index (κ2) is 5.51. The second-order valence-electron chi connectivity index (χ2n) is 4.21. The van der Waals surface area contributed by atoms with Crippen LogP contribution in [0, 0.1) is 6.92 Å². The third kappa shape index (κ3) is 2.86. The van der Waals surface area contributed by atoms with Gasteiger partial charge in [-0.2, -0.15) is 0 Å². The Hall–Kier alpha value is -0.800. The van der Waals surface area contributed by atoms with Crippen molar-refractivity contribution in [2.45, 2.75) is 6.92 Å². The standard InChI is InChI=1S/C12H18ClN3/c1-11-2-4-14-12(10-11)16-8-6-15(5-3-13)7-9-16/h2,4,10H,3,5-9H2,1H3. The fourth-order valence-electron chi connectivity index (χ4n) is 2.01. The van der Waals surface area contributed by atoms with Crippen LogP contribution >= 0.6 is 11.6 Å². The van der Waals surface area contributed by atoms with Crippen LogP contribution in [0.15, 0.2) is 18.3 Å². The highest BCUT2D eigenvalue weighted by Gasteiger charge is 2.17. The van der Waals surface area contributed by atoms with Gasteiger partial charge < -0.3 is 4.90 Å². The van der Waals surface area contributed by atoms with Crippen molar-refractivity contribution in [1.82, 2.24) is 9.88 Å². The molecule has 1 fully saturated rings. The van der Waals surface area contributed by atoms with Gasteiger partial charge in [0.15, 0.2) is 0 Å². The predicted molar refractivity (Wildman–Crippen MR) is 68.3 cm³/mol. The number of nitrogens with zero attached hydrogens (tertiary/aromatic N) is 3. The lowest BCUT2D eigenvalue weighted by atomic mass is 10.2. The smallest absolute Gasteiger partial charge is 0.128 e. The molecule has 0 saturated carbocycles. The molecule has 0 spiro atoms. The molecule has 0 aliphatic carbocycles. The number of hydrogen-bond donors (Lipinski definition) is 0. The van der Waals surface area contributed by atoms with Crippen molar-refractivity contribution in [2.24, 2.45) is 0 Å². The number of halogens is 1. The Labute approximate surface area is 102 Å². The predicted octanol–water partition coefficient (Wildman–Crippen LogP) is 1.75. The molecule has 2 rings (SSSR count). The lowest BCUT2D eigenvalue weighted by Crippen LogP contribution is -2.47. The molecule has 0 radical (unpaired) electrons. The minimum Gasteiger partial charge on any atom is -0.354 e. The van der Waals surface area contributed by atoms with Gasteiger partial charge in [-0.05, 0) is 24.6 Å². The van der Waals surface area contributed by atoms with E-state index in [0.717, 1.165) is 44.4 Å². The Balaban J connectivity index is 1.94. The summed E-state index contributed by atoms with van der Waals surface area (Å²) >= 11 is 5.74. The van der Waals surface area contributed by atoms with Crippen LogP contribution in [0.4, 0.5) is 5.82 Å². The maximum absolute atomic E-state index is 5.74. The molecule has 0 unspecified atom stereocenters. The van der Waals surface area contributed by atoms with E-state index in [1.165, 1.54) is 5.56 Å². The van der Waals surface area contributed by atoms with Crippen molar-refractivity contribution < 1.29 is 0 Å². The molecule has 0 atom stereocenters. The van der Waals surface area contributed by atoms with Gasteiger partial charge in [0.05, 0.1) is 0 Å². The summed E-state index contributed by atoms with van der Waals surface area (Å²) in [6.07, 6.45) is 1.88. The molecule has 1 aromatic heterocycles. The van der Waals surface area contributed by atoms with E-state index in [-0.39, 0.29) is 0 Å². The molecule has 0 aromatic carbocycles. The number of rotatable bonds is 3. The van der Waals surface area contributed by atoms with Gasteiger partial charge in [0.25, 0.3) is 0 Å². The molecule has 3 nitrogen and oxygen atoms in total. The van der Waals surface area contributed by atoms with Crippen molar-refractivity contribution in [2.75, 3.05) is 43.5 Å². The van der Waals surface area contributed by atoms with Crippen LogP contribution in [0.1, 0.15) is 5.56 Å². The Morgan fingerprint density at radius 3 is 2.69 bits per heavy atom. The van der Waals surface area contributed by atoms with E-state index in [1.54, 1.807) is 0 Å². The quantitative estimate of drug-likeness (QED) is 0.750. The van der Waals surface area contributed by atoms with Gasteiger partial charge in [-0.15, -0.1) is 11.6 Å². The van der Waals surface area contributed by atoms with Crippen molar-refractivity contribution in [3.63, 3.8) is 0 Å². The number of anilines is 1. The van der Waals surface area contributed by atoms with Crippen LogP contribution in [-0.2, 0) is 0 Å². The SMILES string of the molecule is Cc1ccnc(N2CCN(CCCl)CC2)c1. The van der Waals surface area contributed by atoms with E-state index < -0.39 is 0 Å². The number of piperazine rings is 1. The van der Waals surface area contributed by atoms with E-state index in [1.807, 2.05) is 12.3 Å². The molecule has 1 saturated heterocycles. The van der Waals surface area contributed by atoms with Crippen molar-refractivity contribution >= 4 is 17.4 Å². The van der Waals surface area contributed by atoms with Crippen LogP contribution in [0.25, 0.3) is 0 Å². The average molecular weight is 240 g/mol. The van der Waals surface area contributed by atoms with Crippen LogP contribution in [0.2, 0.25) is 0 Å². The Kier molecular flexibility index (Phi) is 4.02. The van der Waals surface area contributed by atoms with E-state index in [9.17, 15) is 0 Å². The van der Waals surface area contributed by atoms with Crippen LogP contribution < -0.4 is 4.90 Å². The van der Waals surface area contributed by atoms with Gasteiger partial charge in [-0.3, -0.25) is 4.90 Å². The molecule has 0 N–H and O–H groups in total. The number of aryl methyl sites for hydroxylation is 1. The van der Waals surface area contributed by atoms with Gasteiger partial charge >= 0.3 is 0 Å². The maximum Gasteiger partial charge on any atom is 0.128 e. The zero-order valence-corrected chi connectivity index (χ0v) is 10.5. The molecule has 0 amide bonds. The zero-order valence-electron chi connectivity index (χ0n) is 9.69. The number of hydrogen-bond acceptors (Lipinski definition) is 3. The third-order valence-electron chi connectivity index (χ3n) is 3.00. The highest BCUT2D eigenvalue weighted by atomic mass is 35.5. The fourth-order valence-corrected chi connectivity index (χ4v) is 2.25. The highest BCUT2D eigenvalue weighted by Crippen LogP contribution is 2.14. The molecular weight excluding hydrogens is 222 g/mol. The first-order chi connectivity index (χ1) is 7.79. The Bertz CT molecular complexity index is 335. The molecule has 16 heavy (non-hydrogen) atoms. The molecule has 1 aliphatic heterocycles. The summed E-state index contributed by atoms with van der Waals surface area (Å²) in [4.78, 5) is 9.16. The topological polar surface area (TPSA) is 19.4 Å². The van der Waals surface area contributed by atoms with Crippen molar-refractivity contribution in [3.8, 4) is 0 Å². The second-order valence-corrected chi connectivity index (χ2v) is 4.59. The van der Waals surface area contributed by atoms with Gasteiger partial charge in [-0.25, -0.2) is 4.98 Å². The zero-order chi connectivity index (χ0) is 11.4. The first-order valence-electron chi connectivity index (χ1n) is 5.75. The first-order valence-corrected chi connectivity index (χ1v) is 6.29. The molecule has 1 aromatic rings. The summed E-state index contributed by atoms with van der Waals surface area (Å²) in [7, 11) is 0. The van der Waals surface area contributed by atoms with Crippen LogP contribution in [-0.4, -0.2) is 48.5 Å². The lowest BCUT2D eigenvalue weighted by Gasteiger charge is -2.35. The van der Waals surface area contributed by atoms with Gasteiger partial charge in [0, 0.05) is 44.8 Å². The van der Waals surface area contributed by atoms with E-state index in [0.29, 0.717) is 0 Å². The summed E-state index contributed by atoms with van der Waals surface area (Å²) in [5.74, 6) is 1.83. The van der Waals surface area contributed by atoms with Crippen molar-refractivity contribution in [1.29, 1.82) is 0 Å². The number of alkyl halides is 1. The summed E-state index contributed by atoms with van der Waals surface area (Å²) < 4.78 is 0. The Morgan fingerprint density at radius 2 is 2.06 bits per heavy atom. The van der Waals surface area contributed by atoms with Crippen molar-refractivity contribution in [3.05, 3.63) is 23.9 Å². The van der Waals surface area contributed by atoms with E-state index in [2.05, 4.69) is 27.8 Å². The average Bonchev–Trinajstić information content (AvgIpc) is 2.30. The van der Waals surface area contributed by atoms with Gasteiger partial charge in [0.1, 0.15) is 5.82 Å². The minimum absolute atomic E-state index is 0.725. The van der Waals surface area contributed by atoms with Gasteiger partial charge in [-0.1, -0.05) is 0 Å². The number of aromatic nitrogens is 1. The molecule has 0 bridgehead atoms. The van der Waals surface area contributed by atoms with E-state index in [4.69, 9.17) is 11.6 Å². The fraction of sp³-hybridized carbons (Fsp3) is 0.583. The lowest BCUT2D eigenvalue weighted by molar-refractivity contribution is 0.272. The monoisotopic (exact) mass is 239 g/mol. The molecule has 2 heterocycles. The molecule has 1 aliphatic rings. The summed E-state index contributed by atoms with van der Waals surface area (Å²) in [5, 5.41) is 0. The first kappa shape index (κ1) is 11.7. The maximum atomic E-state index is 5.74. The third-order valence-corrected chi connectivity index (χ3v) is 3.17.